The zero-order valence-corrected chi connectivity index (χ0v) is 10.5. The molecular formula is C13H23NO3. The van der Waals surface area contributed by atoms with E-state index in [-0.39, 0.29) is 0 Å². The van der Waals surface area contributed by atoms with E-state index in [0.29, 0.717) is 25.7 Å². The highest BCUT2D eigenvalue weighted by atomic mass is 16.5. The molecule has 0 saturated carbocycles. The van der Waals surface area contributed by atoms with E-state index in [1.807, 2.05) is 0 Å². The second kappa shape index (κ2) is 10.5. The van der Waals surface area contributed by atoms with Crippen molar-refractivity contribution in [1.29, 1.82) is 5.26 Å². The first-order chi connectivity index (χ1) is 8.43. The number of unbranched alkanes of at least 4 members (excludes halogenated alkanes) is 1. The van der Waals surface area contributed by atoms with Crippen LogP contribution in [-0.4, -0.2) is 39.1 Å². The van der Waals surface area contributed by atoms with Gasteiger partial charge in [0.05, 0.1) is 18.8 Å². The number of rotatable bonds is 9. The van der Waals surface area contributed by atoms with Gasteiger partial charge in [-0.15, -0.1) is 0 Å². The van der Waals surface area contributed by atoms with E-state index in [0.717, 1.165) is 39.1 Å². The summed E-state index contributed by atoms with van der Waals surface area (Å²) in [4.78, 5) is 0. The lowest BCUT2D eigenvalue weighted by atomic mass is 10.1. The second-order valence-corrected chi connectivity index (χ2v) is 4.29. The lowest BCUT2D eigenvalue weighted by molar-refractivity contribution is -0.0434. The predicted molar refractivity (Wildman–Crippen MR) is 64.7 cm³/mol. The number of hydrogen-bond donors (Lipinski definition) is 0. The summed E-state index contributed by atoms with van der Waals surface area (Å²) >= 11 is 0. The van der Waals surface area contributed by atoms with Gasteiger partial charge in [-0.2, -0.15) is 5.26 Å². The molecule has 1 aliphatic rings. The van der Waals surface area contributed by atoms with Crippen LogP contribution >= 0.6 is 0 Å². The fourth-order valence-corrected chi connectivity index (χ4v) is 1.77. The van der Waals surface area contributed by atoms with Gasteiger partial charge in [0, 0.05) is 32.8 Å². The first-order valence-electron chi connectivity index (χ1n) is 6.57. The Labute approximate surface area is 104 Å². The van der Waals surface area contributed by atoms with Crippen LogP contribution in [-0.2, 0) is 14.2 Å². The Morgan fingerprint density at radius 2 is 1.94 bits per heavy atom. The molecular weight excluding hydrogens is 218 g/mol. The van der Waals surface area contributed by atoms with E-state index < -0.39 is 0 Å². The van der Waals surface area contributed by atoms with Crippen LogP contribution in [0.3, 0.4) is 0 Å². The molecule has 1 fully saturated rings. The maximum absolute atomic E-state index is 8.33. The Morgan fingerprint density at radius 3 is 2.71 bits per heavy atom. The molecule has 0 N–H and O–H groups in total. The number of hydrogen-bond acceptors (Lipinski definition) is 4. The van der Waals surface area contributed by atoms with E-state index in [2.05, 4.69) is 6.07 Å². The SMILES string of the molecule is N#CCCCOCCCOCC1CCCCO1. The van der Waals surface area contributed by atoms with Crippen molar-refractivity contribution in [3.8, 4) is 6.07 Å². The lowest BCUT2D eigenvalue weighted by Crippen LogP contribution is -2.24. The van der Waals surface area contributed by atoms with Crippen molar-refractivity contribution in [2.24, 2.45) is 0 Å². The molecule has 17 heavy (non-hydrogen) atoms. The highest BCUT2D eigenvalue weighted by Crippen LogP contribution is 2.12. The van der Waals surface area contributed by atoms with Gasteiger partial charge in [0.2, 0.25) is 0 Å². The molecule has 1 heterocycles. The van der Waals surface area contributed by atoms with E-state index >= 15 is 0 Å². The Kier molecular flexibility index (Phi) is 8.93. The molecule has 4 nitrogen and oxygen atoms in total. The minimum absolute atomic E-state index is 0.306. The Balaban J connectivity index is 1.76. The minimum atomic E-state index is 0.306. The van der Waals surface area contributed by atoms with E-state index in [1.165, 1.54) is 12.8 Å². The van der Waals surface area contributed by atoms with Crippen LogP contribution in [0.2, 0.25) is 0 Å². The standard InChI is InChI=1S/C13H23NO3/c14-7-2-4-8-15-9-5-10-16-12-13-6-1-3-11-17-13/h13H,1-6,8-12H2. The Bertz CT molecular complexity index is 209. The molecule has 0 aromatic carbocycles. The summed E-state index contributed by atoms with van der Waals surface area (Å²) in [7, 11) is 0. The molecule has 0 radical (unpaired) electrons. The summed E-state index contributed by atoms with van der Waals surface area (Å²) in [6.45, 7) is 3.73. The summed E-state index contributed by atoms with van der Waals surface area (Å²) in [5, 5.41) is 8.33. The molecule has 0 spiro atoms. The summed E-state index contributed by atoms with van der Waals surface area (Å²) in [5.41, 5.74) is 0. The van der Waals surface area contributed by atoms with E-state index in [9.17, 15) is 0 Å². The van der Waals surface area contributed by atoms with Gasteiger partial charge in [0.1, 0.15) is 0 Å². The van der Waals surface area contributed by atoms with Crippen molar-refractivity contribution >= 4 is 0 Å². The third-order valence-corrected chi connectivity index (χ3v) is 2.73. The van der Waals surface area contributed by atoms with Crippen LogP contribution < -0.4 is 0 Å². The Morgan fingerprint density at radius 1 is 1.12 bits per heavy atom. The molecule has 1 unspecified atom stereocenters. The molecule has 0 bridgehead atoms. The van der Waals surface area contributed by atoms with E-state index in [4.69, 9.17) is 19.5 Å². The van der Waals surface area contributed by atoms with E-state index in [1.54, 1.807) is 0 Å². The molecule has 0 aliphatic carbocycles. The molecule has 0 aromatic rings. The van der Waals surface area contributed by atoms with Crippen molar-refractivity contribution in [2.45, 2.75) is 44.6 Å². The normalized spacial score (nSPS) is 20.1. The number of nitriles is 1. The van der Waals surface area contributed by atoms with Crippen molar-refractivity contribution in [3.05, 3.63) is 0 Å². The van der Waals surface area contributed by atoms with Crippen LogP contribution in [0.5, 0.6) is 0 Å². The van der Waals surface area contributed by atoms with Crippen molar-refractivity contribution < 1.29 is 14.2 Å². The van der Waals surface area contributed by atoms with Gasteiger partial charge in [0.15, 0.2) is 0 Å². The number of nitrogens with zero attached hydrogens (tertiary/aromatic N) is 1. The molecule has 1 rings (SSSR count). The zero-order chi connectivity index (χ0) is 12.2. The highest BCUT2D eigenvalue weighted by molar-refractivity contribution is 4.67. The quantitative estimate of drug-likeness (QED) is 0.581. The van der Waals surface area contributed by atoms with Gasteiger partial charge in [-0.25, -0.2) is 0 Å². The van der Waals surface area contributed by atoms with Crippen LogP contribution in [0, 0.1) is 11.3 Å². The summed E-state index contributed by atoms with van der Waals surface area (Å²) in [6, 6.07) is 2.10. The van der Waals surface area contributed by atoms with Crippen LogP contribution in [0.15, 0.2) is 0 Å². The first kappa shape index (κ1) is 14.4. The maximum atomic E-state index is 8.33. The highest BCUT2D eigenvalue weighted by Gasteiger charge is 2.13. The van der Waals surface area contributed by atoms with Gasteiger partial charge in [0.25, 0.3) is 0 Å². The van der Waals surface area contributed by atoms with Crippen LogP contribution in [0.25, 0.3) is 0 Å². The van der Waals surface area contributed by atoms with Gasteiger partial charge < -0.3 is 14.2 Å². The predicted octanol–water partition coefficient (Wildman–Crippen LogP) is 2.28. The second-order valence-electron chi connectivity index (χ2n) is 4.29. The lowest BCUT2D eigenvalue weighted by Gasteiger charge is -2.22. The smallest absolute Gasteiger partial charge is 0.0808 e. The fraction of sp³-hybridized carbons (Fsp3) is 0.923. The zero-order valence-electron chi connectivity index (χ0n) is 10.5. The van der Waals surface area contributed by atoms with Gasteiger partial charge in [-0.05, 0) is 32.1 Å². The largest absolute Gasteiger partial charge is 0.381 e. The van der Waals surface area contributed by atoms with Gasteiger partial charge >= 0.3 is 0 Å². The molecule has 98 valence electrons. The molecule has 1 aliphatic heterocycles. The van der Waals surface area contributed by atoms with Crippen molar-refractivity contribution in [2.75, 3.05) is 33.0 Å². The summed E-state index contributed by atoms with van der Waals surface area (Å²) < 4.78 is 16.5. The van der Waals surface area contributed by atoms with Gasteiger partial charge in [-0.3, -0.25) is 0 Å². The Hall–Kier alpha value is -0.630. The van der Waals surface area contributed by atoms with Crippen LogP contribution in [0.4, 0.5) is 0 Å². The monoisotopic (exact) mass is 241 g/mol. The molecule has 1 saturated heterocycles. The van der Waals surface area contributed by atoms with Crippen molar-refractivity contribution in [3.63, 3.8) is 0 Å². The molecule has 4 heteroatoms. The number of ether oxygens (including phenoxy) is 3. The third-order valence-electron chi connectivity index (χ3n) is 2.73. The fourth-order valence-electron chi connectivity index (χ4n) is 1.77. The average Bonchev–Trinajstić information content (AvgIpc) is 2.38. The molecule has 0 amide bonds. The average molecular weight is 241 g/mol. The molecule has 1 atom stereocenters. The summed E-state index contributed by atoms with van der Waals surface area (Å²) in [6.07, 6.45) is 6.20. The first-order valence-corrected chi connectivity index (χ1v) is 6.57. The minimum Gasteiger partial charge on any atom is -0.381 e. The van der Waals surface area contributed by atoms with Crippen molar-refractivity contribution in [1.82, 2.24) is 0 Å². The third kappa shape index (κ3) is 8.14. The summed E-state index contributed by atoms with van der Waals surface area (Å²) in [5.74, 6) is 0. The molecule has 0 aromatic heterocycles. The van der Waals surface area contributed by atoms with Crippen LogP contribution in [0.1, 0.15) is 38.5 Å². The van der Waals surface area contributed by atoms with Gasteiger partial charge in [-0.1, -0.05) is 0 Å². The maximum Gasteiger partial charge on any atom is 0.0808 e. The topological polar surface area (TPSA) is 51.5 Å².